The average molecular weight is 385 g/mol. The Morgan fingerprint density at radius 1 is 1.27 bits per heavy atom. The molecule has 26 heavy (non-hydrogen) atoms. The van der Waals surface area contributed by atoms with Crippen LogP contribution in [0.5, 0.6) is 11.8 Å². The summed E-state index contributed by atoms with van der Waals surface area (Å²) in [7, 11) is -2.36. The third kappa shape index (κ3) is 4.25. The van der Waals surface area contributed by atoms with Crippen LogP contribution in [-0.2, 0) is 15.8 Å². The molecule has 0 spiro atoms. The number of hydrogen-bond donors (Lipinski definition) is 0. The van der Waals surface area contributed by atoms with Gasteiger partial charge in [0.05, 0.1) is 31.8 Å². The molecule has 1 aliphatic heterocycles. The summed E-state index contributed by atoms with van der Waals surface area (Å²) in [6, 6.07) is 2.75. The number of hydrogen-bond acceptors (Lipinski definition) is 6. The zero-order valence-corrected chi connectivity index (χ0v) is 14.7. The molecule has 0 saturated carbocycles. The monoisotopic (exact) mass is 385 g/mol. The molecule has 3 rings (SSSR count). The summed E-state index contributed by atoms with van der Waals surface area (Å²) < 4.78 is 63.8. The minimum absolute atomic E-state index is 0.0954. The summed E-state index contributed by atoms with van der Waals surface area (Å²) in [4.78, 5) is 7.98. The maximum absolute atomic E-state index is 13.7. The summed E-state index contributed by atoms with van der Waals surface area (Å²) in [6.07, 6.45) is 2.86. The van der Waals surface area contributed by atoms with E-state index in [9.17, 15) is 17.2 Å². The fourth-order valence-corrected chi connectivity index (χ4v) is 4.22. The number of benzene rings is 1. The average Bonchev–Trinajstić information content (AvgIpc) is 3.07. The van der Waals surface area contributed by atoms with Gasteiger partial charge in [-0.15, -0.1) is 0 Å². The summed E-state index contributed by atoms with van der Waals surface area (Å²) in [6.45, 7) is 0.319. The lowest BCUT2D eigenvalue weighted by atomic mass is 10.2. The molecule has 1 aromatic carbocycles. The van der Waals surface area contributed by atoms with Crippen LogP contribution in [0.15, 0.2) is 30.6 Å². The zero-order valence-electron chi connectivity index (χ0n) is 13.9. The van der Waals surface area contributed by atoms with E-state index in [1.54, 1.807) is 0 Å². The van der Waals surface area contributed by atoms with Crippen LogP contribution in [-0.4, -0.2) is 49.0 Å². The van der Waals surface area contributed by atoms with Crippen molar-refractivity contribution in [2.24, 2.45) is 0 Å². The van der Waals surface area contributed by atoms with Gasteiger partial charge in [0.2, 0.25) is 21.8 Å². The van der Waals surface area contributed by atoms with Crippen LogP contribution >= 0.6 is 0 Å². The molecule has 1 unspecified atom stereocenters. The topological polar surface area (TPSA) is 81.6 Å². The van der Waals surface area contributed by atoms with Crippen LogP contribution in [0.2, 0.25) is 0 Å². The maximum Gasteiger partial charge on any atom is 0.235 e. The van der Waals surface area contributed by atoms with E-state index in [-0.39, 0.29) is 30.4 Å². The number of rotatable bonds is 6. The molecule has 1 aliphatic rings. The highest BCUT2D eigenvalue weighted by Crippen LogP contribution is 2.23. The van der Waals surface area contributed by atoms with Gasteiger partial charge in [-0.3, -0.25) is 4.98 Å². The first-order valence-corrected chi connectivity index (χ1v) is 9.43. The smallest absolute Gasteiger partial charge is 0.235 e. The van der Waals surface area contributed by atoms with Crippen molar-refractivity contribution in [3.8, 4) is 11.8 Å². The fourth-order valence-electron chi connectivity index (χ4n) is 2.65. The van der Waals surface area contributed by atoms with Crippen LogP contribution < -0.4 is 9.47 Å². The Morgan fingerprint density at radius 3 is 2.81 bits per heavy atom. The van der Waals surface area contributed by atoms with E-state index in [1.165, 1.54) is 23.8 Å². The minimum Gasteiger partial charge on any atom is -0.480 e. The van der Waals surface area contributed by atoms with Gasteiger partial charge in [0, 0.05) is 12.1 Å². The molecule has 2 aromatic rings. The number of methoxy groups -OCH3 is 1. The molecule has 10 heteroatoms. The molecular weight excluding hydrogens is 368 g/mol. The van der Waals surface area contributed by atoms with Crippen LogP contribution in [0, 0.1) is 11.6 Å². The van der Waals surface area contributed by atoms with E-state index in [4.69, 9.17) is 9.47 Å². The van der Waals surface area contributed by atoms with E-state index in [0.29, 0.717) is 6.42 Å². The molecule has 1 atom stereocenters. The second-order valence-electron chi connectivity index (χ2n) is 5.78. The van der Waals surface area contributed by atoms with Crippen LogP contribution in [0.1, 0.15) is 12.0 Å². The van der Waals surface area contributed by atoms with Crippen LogP contribution in [0.25, 0.3) is 0 Å². The molecule has 2 heterocycles. The lowest BCUT2D eigenvalue weighted by Crippen LogP contribution is -2.32. The van der Waals surface area contributed by atoms with E-state index >= 15 is 0 Å². The van der Waals surface area contributed by atoms with E-state index < -0.39 is 33.5 Å². The largest absolute Gasteiger partial charge is 0.480 e. The molecule has 0 amide bonds. The van der Waals surface area contributed by atoms with Gasteiger partial charge in [0.25, 0.3) is 0 Å². The first-order chi connectivity index (χ1) is 12.4. The van der Waals surface area contributed by atoms with Crippen molar-refractivity contribution in [3.63, 3.8) is 0 Å². The summed E-state index contributed by atoms with van der Waals surface area (Å²) >= 11 is 0. The van der Waals surface area contributed by atoms with Gasteiger partial charge in [-0.05, 0) is 24.6 Å². The number of nitrogens with zero attached hydrogens (tertiary/aromatic N) is 3. The van der Waals surface area contributed by atoms with Gasteiger partial charge < -0.3 is 9.47 Å². The van der Waals surface area contributed by atoms with Crippen LogP contribution in [0.4, 0.5) is 8.78 Å². The van der Waals surface area contributed by atoms with Crippen molar-refractivity contribution in [3.05, 3.63) is 47.8 Å². The molecule has 1 aromatic heterocycles. The summed E-state index contributed by atoms with van der Waals surface area (Å²) in [5, 5.41) is 0. The van der Waals surface area contributed by atoms with Gasteiger partial charge in [-0.1, -0.05) is 0 Å². The Balaban J connectivity index is 1.66. The lowest BCUT2D eigenvalue weighted by Gasteiger charge is -2.17. The first kappa shape index (κ1) is 18.5. The molecule has 140 valence electrons. The summed E-state index contributed by atoms with van der Waals surface area (Å²) in [5.74, 6) is -1.54. The van der Waals surface area contributed by atoms with Crippen molar-refractivity contribution in [2.45, 2.75) is 18.3 Å². The SMILES string of the molecule is COc1cncc(OC2CCN(S(=O)(=O)Cc3cc(F)ccc3F)C2)n1. The third-order valence-corrected chi connectivity index (χ3v) is 5.73. The Labute approximate surface area is 149 Å². The van der Waals surface area contributed by atoms with Crippen molar-refractivity contribution in [1.82, 2.24) is 14.3 Å². The molecule has 0 bridgehead atoms. The molecule has 0 aliphatic carbocycles. The highest BCUT2D eigenvalue weighted by molar-refractivity contribution is 7.88. The molecular formula is C16H17F2N3O4S. The normalized spacial score (nSPS) is 18.0. The number of halogens is 2. The minimum atomic E-state index is -3.80. The summed E-state index contributed by atoms with van der Waals surface area (Å²) in [5.41, 5.74) is -0.201. The van der Waals surface area contributed by atoms with Crippen molar-refractivity contribution in [1.29, 1.82) is 0 Å². The van der Waals surface area contributed by atoms with Gasteiger partial charge in [-0.25, -0.2) is 17.2 Å². The third-order valence-electron chi connectivity index (χ3n) is 3.93. The van der Waals surface area contributed by atoms with E-state index in [0.717, 1.165) is 18.2 Å². The molecule has 1 saturated heterocycles. The molecule has 7 nitrogen and oxygen atoms in total. The van der Waals surface area contributed by atoms with Crippen LogP contribution in [0.3, 0.4) is 0 Å². The second-order valence-corrected chi connectivity index (χ2v) is 7.75. The van der Waals surface area contributed by atoms with Crippen molar-refractivity contribution in [2.75, 3.05) is 20.2 Å². The molecule has 0 radical (unpaired) electrons. The Hall–Kier alpha value is -2.33. The predicted molar refractivity (Wildman–Crippen MR) is 88.2 cm³/mol. The highest BCUT2D eigenvalue weighted by atomic mass is 32.2. The van der Waals surface area contributed by atoms with Gasteiger partial charge >= 0.3 is 0 Å². The number of aromatic nitrogens is 2. The van der Waals surface area contributed by atoms with E-state index in [2.05, 4.69) is 9.97 Å². The highest BCUT2D eigenvalue weighted by Gasteiger charge is 2.33. The standard InChI is InChI=1S/C16H17F2N3O4S/c1-24-15-7-19-8-16(20-15)25-13-4-5-21(9-13)26(22,23)10-11-6-12(17)2-3-14(11)18/h2-3,6-8,13H,4-5,9-10H2,1H3. The molecule has 1 fully saturated rings. The Bertz CT molecular complexity index is 895. The van der Waals surface area contributed by atoms with Crippen molar-refractivity contribution >= 4 is 10.0 Å². The van der Waals surface area contributed by atoms with Gasteiger partial charge in [0.15, 0.2) is 0 Å². The Morgan fingerprint density at radius 2 is 2.04 bits per heavy atom. The maximum atomic E-state index is 13.7. The zero-order chi connectivity index (χ0) is 18.7. The Kier molecular flexibility index (Phi) is 5.33. The van der Waals surface area contributed by atoms with Gasteiger partial charge in [0.1, 0.15) is 17.7 Å². The first-order valence-electron chi connectivity index (χ1n) is 7.82. The predicted octanol–water partition coefficient (Wildman–Crippen LogP) is 1.75. The number of sulfonamides is 1. The second kappa shape index (κ2) is 7.50. The van der Waals surface area contributed by atoms with Crippen molar-refractivity contribution < 1.29 is 26.7 Å². The molecule has 0 N–H and O–H groups in total. The fraction of sp³-hybridized carbons (Fsp3) is 0.375. The van der Waals surface area contributed by atoms with E-state index in [1.807, 2.05) is 0 Å². The lowest BCUT2D eigenvalue weighted by molar-refractivity contribution is 0.203. The number of ether oxygens (including phenoxy) is 2. The van der Waals surface area contributed by atoms with Gasteiger partial charge in [-0.2, -0.15) is 9.29 Å². The quantitative estimate of drug-likeness (QED) is 0.754.